The number of halogens is 2. The molecule has 0 atom stereocenters. The number of hydrogen-bond acceptors (Lipinski definition) is 2. The summed E-state index contributed by atoms with van der Waals surface area (Å²) in [6.07, 6.45) is 7.22. The molecular weight excluding hydrogens is 251 g/mol. The molecule has 2 nitrogen and oxygen atoms in total. The maximum absolute atomic E-state index is 13.8. The van der Waals surface area contributed by atoms with E-state index in [1.165, 1.54) is 25.3 Å². The molecule has 2 aromatic rings. The van der Waals surface area contributed by atoms with Gasteiger partial charge in [-0.05, 0) is 36.4 Å². The van der Waals surface area contributed by atoms with E-state index in [0.29, 0.717) is 12.6 Å². The third-order valence-corrected chi connectivity index (χ3v) is 3.55. The standard InChI is InChI=1S/C14H15FN2.ClH/c15-14-5-4-10-8-16-7-6-12(10)13(14)9-17-11-2-1-3-11;/h4-8,11,17H,1-3,9H2;1H. The lowest BCUT2D eigenvalue weighted by Gasteiger charge is -2.26. The Hall–Kier alpha value is -1.19. The zero-order chi connectivity index (χ0) is 11.7. The fourth-order valence-electron chi connectivity index (χ4n) is 2.24. The van der Waals surface area contributed by atoms with Crippen LogP contribution in [0.25, 0.3) is 10.8 Å². The van der Waals surface area contributed by atoms with Crippen molar-refractivity contribution in [2.24, 2.45) is 0 Å². The largest absolute Gasteiger partial charge is 0.310 e. The van der Waals surface area contributed by atoms with Crippen LogP contribution in [0.2, 0.25) is 0 Å². The number of pyridine rings is 1. The van der Waals surface area contributed by atoms with Crippen LogP contribution in [0.4, 0.5) is 4.39 Å². The third-order valence-electron chi connectivity index (χ3n) is 3.55. The van der Waals surface area contributed by atoms with E-state index in [1.54, 1.807) is 18.5 Å². The first kappa shape index (κ1) is 13.2. The molecule has 0 spiro atoms. The first-order valence-corrected chi connectivity index (χ1v) is 6.09. The smallest absolute Gasteiger partial charge is 0.128 e. The van der Waals surface area contributed by atoms with Crippen molar-refractivity contribution in [1.29, 1.82) is 0 Å². The number of rotatable bonds is 3. The second-order valence-corrected chi connectivity index (χ2v) is 4.63. The summed E-state index contributed by atoms with van der Waals surface area (Å²) in [4.78, 5) is 4.06. The van der Waals surface area contributed by atoms with Crippen LogP contribution in [-0.2, 0) is 6.54 Å². The topological polar surface area (TPSA) is 24.9 Å². The highest BCUT2D eigenvalue weighted by molar-refractivity contribution is 5.85. The highest BCUT2D eigenvalue weighted by Gasteiger charge is 2.17. The minimum absolute atomic E-state index is 0. The number of nitrogens with zero attached hydrogens (tertiary/aromatic N) is 1. The second-order valence-electron chi connectivity index (χ2n) is 4.63. The highest BCUT2D eigenvalue weighted by Crippen LogP contribution is 2.23. The van der Waals surface area contributed by atoms with Gasteiger partial charge in [0.1, 0.15) is 5.82 Å². The summed E-state index contributed by atoms with van der Waals surface area (Å²) in [6, 6.07) is 5.77. The van der Waals surface area contributed by atoms with E-state index < -0.39 is 0 Å². The lowest BCUT2D eigenvalue weighted by Crippen LogP contribution is -2.34. The van der Waals surface area contributed by atoms with Gasteiger partial charge in [-0.3, -0.25) is 4.98 Å². The molecule has 4 heteroatoms. The number of benzene rings is 1. The molecule has 0 unspecified atom stereocenters. The van der Waals surface area contributed by atoms with Crippen LogP contribution in [0, 0.1) is 5.82 Å². The summed E-state index contributed by atoms with van der Waals surface area (Å²) in [7, 11) is 0. The van der Waals surface area contributed by atoms with Crippen molar-refractivity contribution in [2.45, 2.75) is 31.8 Å². The lowest BCUT2D eigenvalue weighted by molar-refractivity contribution is 0.337. The van der Waals surface area contributed by atoms with Crippen LogP contribution in [-0.4, -0.2) is 11.0 Å². The zero-order valence-electron chi connectivity index (χ0n) is 10.0. The lowest BCUT2D eigenvalue weighted by atomic mass is 9.93. The van der Waals surface area contributed by atoms with Crippen LogP contribution in [0.5, 0.6) is 0 Å². The SMILES string of the molecule is Cl.Fc1ccc2cnccc2c1CNC1CCC1. The predicted molar refractivity (Wildman–Crippen MR) is 73.4 cm³/mol. The minimum Gasteiger partial charge on any atom is -0.310 e. The Morgan fingerprint density at radius 2 is 2.11 bits per heavy atom. The van der Waals surface area contributed by atoms with Gasteiger partial charge in [-0.1, -0.05) is 6.42 Å². The number of fused-ring (bicyclic) bond motifs is 1. The Morgan fingerprint density at radius 1 is 1.28 bits per heavy atom. The summed E-state index contributed by atoms with van der Waals surface area (Å²) >= 11 is 0. The van der Waals surface area contributed by atoms with Gasteiger partial charge in [0.15, 0.2) is 0 Å². The van der Waals surface area contributed by atoms with E-state index in [0.717, 1.165) is 16.3 Å². The van der Waals surface area contributed by atoms with Crippen molar-refractivity contribution in [3.05, 3.63) is 42.0 Å². The van der Waals surface area contributed by atoms with Gasteiger partial charge in [0.05, 0.1) is 0 Å². The van der Waals surface area contributed by atoms with E-state index in [-0.39, 0.29) is 18.2 Å². The maximum Gasteiger partial charge on any atom is 0.128 e. The number of aromatic nitrogens is 1. The van der Waals surface area contributed by atoms with Crippen molar-refractivity contribution in [3.8, 4) is 0 Å². The Balaban J connectivity index is 0.00000120. The molecule has 1 fully saturated rings. The Morgan fingerprint density at radius 3 is 2.83 bits per heavy atom. The Bertz CT molecular complexity index is 540. The predicted octanol–water partition coefficient (Wildman–Crippen LogP) is 3.44. The minimum atomic E-state index is -0.129. The van der Waals surface area contributed by atoms with Gasteiger partial charge >= 0.3 is 0 Å². The maximum atomic E-state index is 13.8. The average Bonchev–Trinajstić information content (AvgIpc) is 2.30. The van der Waals surface area contributed by atoms with Crippen molar-refractivity contribution >= 4 is 23.2 Å². The molecule has 0 bridgehead atoms. The van der Waals surface area contributed by atoms with Gasteiger partial charge in [-0.2, -0.15) is 0 Å². The molecule has 1 N–H and O–H groups in total. The molecule has 1 saturated carbocycles. The van der Waals surface area contributed by atoms with Gasteiger partial charge in [0.25, 0.3) is 0 Å². The molecule has 1 aliphatic rings. The molecule has 0 aliphatic heterocycles. The van der Waals surface area contributed by atoms with Crippen molar-refractivity contribution < 1.29 is 4.39 Å². The van der Waals surface area contributed by atoms with E-state index in [1.807, 2.05) is 6.07 Å². The summed E-state index contributed by atoms with van der Waals surface area (Å²) in [6.45, 7) is 0.609. The van der Waals surface area contributed by atoms with E-state index >= 15 is 0 Å². The van der Waals surface area contributed by atoms with Gasteiger partial charge in [0, 0.05) is 35.9 Å². The normalized spacial score (nSPS) is 15.2. The van der Waals surface area contributed by atoms with Gasteiger partial charge in [0.2, 0.25) is 0 Å². The van der Waals surface area contributed by atoms with E-state index in [4.69, 9.17) is 0 Å². The molecule has 1 aromatic carbocycles. The van der Waals surface area contributed by atoms with Crippen LogP contribution >= 0.6 is 12.4 Å². The number of nitrogens with one attached hydrogen (secondary N) is 1. The zero-order valence-corrected chi connectivity index (χ0v) is 10.8. The number of hydrogen-bond donors (Lipinski definition) is 1. The summed E-state index contributed by atoms with van der Waals surface area (Å²) in [5.41, 5.74) is 0.761. The van der Waals surface area contributed by atoms with Gasteiger partial charge in [-0.25, -0.2) is 4.39 Å². The summed E-state index contributed by atoms with van der Waals surface area (Å²) in [5.74, 6) is -0.129. The Kier molecular flexibility index (Phi) is 4.15. The van der Waals surface area contributed by atoms with Crippen LogP contribution in [0.1, 0.15) is 24.8 Å². The Labute approximate surface area is 112 Å². The molecule has 0 saturated heterocycles. The molecule has 0 radical (unpaired) electrons. The van der Waals surface area contributed by atoms with Crippen molar-refractivity contribution in [2.75, 3.05) is 0 Å². The molecule has 96 valence electrons. The highest BCUT2D eigenvalue weighted by atomic mass is 35.5. The fourth-order valence-corrected chi connectivity index (χ4v) is 2.24. The van der Waals surface area contributed by atoms with Crippen LogP contribution in [0.3, 0.4) is 0 Å². The first-order chi connectivity index (χ1) is 8.34. The third kappa shape index (κ3) is 2.47. The monoisotopic (exact) mass is 266 g/mol. The average molecular weight is 267 g/mol. The molecule has 1 heterocycles. The molecule has 1 aliphatic carbocycles. The molecular formula is C14H16ClFN2. The first-order valence-electron chi connectivity index (χ1n) is 6.09. The van der Waals surface area contributed by atoms with Gasteiger partial charge in [-0.15, -0.1) is 12.4 Å². The molecule has 1 aromatic heterocycles. The van der Waals surface area contributed by atoms with E-state index in [2.05, 4.69) is 10.3 Å². The van der Waals surface area contributed by atoms with Crippen LogP contribution < -0.4 is 5.32 Å². The molecule has 0 amide bonds. The second kappa shape index (κ2) is 5.63. The fraction of sp³-hybridized carbons (Fsp3) is 0.357. The summed E-state index contributed by atoms with van der Waals surface area (Å²) < 4.78 is 13.8. The molecule has 18 heavy (non-hydrogen) atoms. The van der Waals surface area contributed by atoms with Gasteiger partial charge < -0.3 is 5.32 Å². The quantitative estimate of drug-likeness (QED) is 0.921. The van der Waals surface area contributed by atoms with Crippen molar-refractivity contribution in [1.82, 2.24) is 10.3 Å². The molecule has 3 rings (SSSR count). The van der Waals surface area contributed by atoms with Crippen molar-refractivity contribution in [3.63, 3.8) is 0 Å². The summed E-state index contributed by atoms with van der Waals surface area (Å²) in [5, 5.41) is 5.37. The van der Waals surface area contributed by atoms with Crippen LogP contribution in [0.15, 0.2) is 30.6 Å². The van der Waals surface area contributed by atoms with E-state index in [9.17, 15) is 4.39 Å².